The van der Waals surface area contributed by atoms with Crippen molar-refractivity contribution in [3.8, 4) is 0 Å². The van der Waals surface area contributed by atoms with E-state index in [1.165, 1.54) is 12.8 Å². The van der Waals surface area contributed by atoms with Crippen molar-refractivity contribution in [2.24, 2.45) is 0 Å². The van der Waals surface area contributed by atoms with Gasteiger partial charge in [0.15, 0.2) is 0 Å². The molecular formula is C11H21N3O. The molecule has 1 amide bonds. The largest absolute Gasteiger partial charge is 0.356 e. The second-order valence-electron chi connectivity index (χ2n) is 4.58. The van der Waals surface area contributed by atoms with Crippen LogP contribution in [-0.2, 0) is 4.79 Å². The molecule has 0 saturated carbocycles. The van der Waals surface area contributed by atoms with Crippen molar-refractivity contribution in [2.75, 3.05) is 19.6 Å². The lowest BCUT2D eigenvalue weighted by Crippen LogP contribution is -2.45. The summed E-state index contributed by atoms with van der Waals surface area (Å²) in [5.41, 5.74) is 0. The van der Waals surface area contributed by atoms with Crippen molar-refractivity contribution in [3.05, 3.63) is 0 Å². The first-order chi connectivity index (χ1) is 7.34. The molecule has 2 fully saturated rings. The van der Waals surface area contributed by atoms with Gasteiger partial charge in [-0.1, -0.05) is 0 Å². The van der Waals surface area contributed by atoms with Gasteiger partial charge in [0, 0.05) is 25.0 Å². The number of rotatable bonds is 2. The molecule has 2 heterocycles. The first kappa shape index (κ1) is 10.9. The molecule has 0 aromatic carbocycles. The molecule has 0 radical (unpaired) electrons. The maximum atomic E-state index is 11.4. The predicted molar refractivity (Wildman–Crippen MR) is 59.7 cm³/mol. The fourth-order valence-electron chi connectivity index (χ4n) is 2.44. The zero-order valence-electron chi connectivity index (χ0n) is 9.22. The normalized spacial score (nSPS) is 29.6. The van der Waals surface area contributed by atoms with E-state index in [9.17, 15) is 4.79 Å². The quantitative estimate of drug-likeness (QED) is 0.602. The fraction of sp³-hybridized carbons (Fsp3) is 0.909. The van der Waals surface area contributed by atoms with Crippen LogP contribution in [0.5, 0.6) is 0 Å². The maximum absolute atomic E-state index is 11.4. The number of nitrogens with one attached hydrogen (secondary N) is 3. The van der Waals surface area contributed by atoms with Crippen LogP contribution in [0.1, 0.15) is 32.1 Å². The fourth-order valence-corrected chi connectivity index (χ4v) is 2.44. The summed E-state index contributed by atoms with van der Waals surface area (Å²) in [5.74, 6) is 0.207. The van der Waals surface area contributed by atoms with Gasteiger partial charge in [0.05, 0.1) is 0 Å². The molecule has 4 heteroatoms. The molecular weight excluding hydrogens is 190 g/mol. The van der Waals surface area contributed by atoms with Gasteiger partial charge < -0.3 is 16.0 Å². The van der Waals surface area contributed by atoms with Crippen LogP contribution in [0.25, 0.3) is 0 Å². The van der Waals surface area contributed by atoms with Gasteiger partial charge in [0.25, 0.3) is 0 Å². The summed E-state index contributed by atoms with van der Waals surface area (Å²) in [5, 5.41) is 9.90. The van der Waals surface area contributed by atoms with Crippen molar-refractivity contribution >= 4 is 5.91 Å². The molecule has 4 nitrogen and oxygen atoms in total. The minimum Gasteiger partial charge on any atom is -0.356 e. The summed E-state index contributed by atoms with van der Waals surface area (Å²) >= 11 is 0. The van der Waals surface area contributed by atoms with Gasteiger partial charge in [-0.2, -0.15) is 0 Å². The Kier molecular flexibility index (Phi) is 3.97. The minimum absolute atomic E-state index is 0.207. The molecule has 15 heavy (non-hydrogen) atoms. The summed E-state index contributed by atoms with van der Waals surface area (Å²) in [6.07, 6.45) is 5.28. The number of amides is 1. The molecule has 1 atom stereocenters. The van der Waals surface area contributed by atoms with Crippen molar-refractivity contribution < 1.29 is 4.79 Å². The van der Waals surface area contributed by atoms with E-state index in [4.69, 9.17) is 0 Å². The van der Waals surface area contributed by atoms with Crippen LogP contribution >= 0.6 is 0 Å². The lowest BCUT2D eigenvalue weighted by molar-refractivity contribution is -0.121. The number of hydrogen-bond acceptors (Lipinski definition) is 3. The van der Waals surface area contributed by atoms with Gasteiger partial charge in [-0.15, -0.1) is 0 Å². The van der Waals surface area contributed by atoms with Gasteiger partial charge in [-0.3, -0.25) is 4.79 Å². The first-order valence-corrected chi connectivity index (χ1v) is 6.08. The van der Waals surface area contributed by atoms with E-state index in [2.05, 4.69) is 16.0 Å². The average Bonchev–Trinajstić information content (AvgIpc) is 2.44. The molecule has 0 bridgehead atoms. The summed E-state index contributed by atoms with van der Waals surface area (Å²) in [4.78, 5) is 11.4. The predicted octanol–water partition coefficient (Wildman–Crippen LogP) is -0.00330. The molecule has 2 saturated heterocycles. The number of carbonyl (C=O) groups excluding carboxylic acids is 1. The lowest BCUT2D eigenvalue weighted by Gasteiger charge is -2.28. The highest BCUT2D eigenvalue weighted by Crippen LogP contribution is 2.10. The summed E-state index contributed by atoms with van der Waals surface area (Å²) in [6, 6.07) is 1.01. The van der Waals surface area contributed by atoms with E-state index in [0.29, 0.717) is 18.5 Å². The zero-order valence-corrected chi connectivity index (χ0v) is 9.22. The highest BCUT2D eigenvalue weighted by Gasteiger charge is 2.21. The maximum Gasteiger partial charge on any atom is 0.221 e. The van der Waals surface area contributed by atoms with Crippen LogP contribution in [0, 0.1) is 0 Å². The Balaban J connectivity index is 1.78. The Bertz CT molecular complexity index is 214. The molecule has 0 spiro atoms. The summed E-state index contributed by atoms with van der Waals surface area (Å²) < 4.78 is 0. The summed E-state index contributed by atoms with van der Waals surface area (Å²) in [7, 11) is 0. The first-order valence-electron chi connectivity index (χ1n) is 6.08. The van der Waals surface area contributed by atoms with Crippen molar-refractivity contribution in [1.82, 2.24) is 16.0 Å². The molecule has 1 unspecified atom stereocenters. The number of piperidine rings is 1. The highest BCUT2D eigenvalue weighted by atomic mass is 16.1. The topological polar surface area (TPSA) is 53.2 Å². The molecule has 0 aromatic heterocycles. The van der Waals surface area contributed by atoms with Crippen LogP contribution in [0.2, 0.25) is 0 Å². The minimum atomic E-state index is 0.207. The van der Waals surface area contributed by atoms with Gasteiger partial charge >= 0.3 is 0 Å². The molecule has 2 aliphatic rings. The van der Waals surface area contributed by atoms with E-state index in [0.717, 1.165) is 32.5 Å². The second kappa shape index (κ2) is 5.47. The molecule has 0 aliphatic carbocycles. The Morgan fingerprint density at radius 2 is 1.87 bits per heavy atom. The van der Waals surface area contributed by atoms with Crippen LogP contribution < -0.4 is 16.0 Å². The highest BCUT2D eigenvalue weighted by molar-refractivity contribution is 5.76. The SMILES string of the molecule is O=C1CC(NC2CCNCC2)CCCN1. The Morgan fingerprint density at radius 1 is 1.07 bits per heavy atom. The van der Waals surface area contributed by atoms with Crippen molar-refractivity contribution in [2.45, 2.75) is 44.2 Å². The zero-order chi connectivity index (χ0) is 10.5. The van der Waals surface area contributed by atoms with Crippen molar-refractivity contribution in [3.63, 3.8) is 0 Å². The van der Waals surface area contributed by atoms with Crippen LogP contribution in [0.3, 0.4) is 0 Å². The third-order valence-corrected chi connectivity index (χ3v) is 3.29. The molecule has 86 valence electrons. The van der Waals surface area contributed by atoms with Crippen molar-refractivity contribution in [1.29, 1.82) is 0 Å². The molecule has 3 N–H and O–H groups in total. The standard InChI is InChI=1S/C11H21N3O/c15-11-8-10(2-1-5-13-11)14-9-3-6-12-7-4-9/h9-10,12,14H,1-8H2,(H,13,15). The van der Waals surface area contributed by atoms with Gasteiger partial charge in [-0.05, 0) is 38.8 Å². The molecule has 2 aliphatic heterocycles. The Hall–Kier alpha value is -0.610. The van der Waals surface area contributed by atoms with Gasteiger partial charge in [0.2, 0.25) is 5.91 Å². The third-order valence-electron chi connectivity index (χ3n) is 3.29. The van der Waals surface area contributed by atoms with Crippen LogP contribution in [0.15, 0.2) is 0 Å². The third kappa shape index (κ3) is 3.47. The summed E-state index contributed by atoms with van der Waals surface area (Å²) in [6.45, 7) is 3.07. The van der Waals surface area contributed by atoms with Crippen LogP contribution in [-0.4, -0.2) is 37.6 Å². The monoisotopic (exact) mass is 211 g/mol. The van der Waals surface area contributed by atoms with Crippen LogP contribution in [0.4, 0.5) is 0 Å². The van der Waals surface area contributed by atoms with E-state index in [-0.39, 0.29) is 5.91 Å². The molecule has 0 aromatic rings. The number of carbonyl (C=O) groups is 1. The average molecular weight is 211 g/mol. The molecule has 2 rings (SSSR count). The number of hydrogen-bond donors (Lipinski definition) is 3. The van der Waals surface area contributed by atoms with Gasteiger partial charge in [-0.25, -0.2) is 0 Å². The van der Waals surface area contributed by atoms with E-state index >= 15 is 0 Å². The smallest absolute Gasteiger partial charge is 0.221 e. The van der Waals surface area contributed by atoms with Gasteiger partial charge in [0.1, 0.15) is 0 Å². The Morgan fingerprint density at radius 3 is 2.67 bits per heavy atom. The lowest BCUT2D eigenvalue weighted by atomic mass is 10.0. The van der Waals surface area contributed by atoms with E-state index in [1.54, 1.807) is 0 Å². The Labute approximate surface area is 91.2 Å². The van der Waals surface area contributed by atoms with E-state index in [1.807, 2.05) is 0 Å². The second-order valence-corrected chi connectivity index (χ2v) is 4.58. The van der Waals surface area contributed by atoms with E-state index < -0.39 is 0 Å².